The monoisotopic (exact) mass is 291 g/mol. The maximum Gasteiger partial charge on any atom is 0.126 e. The summed E-state index contributed by atoms with van der Waals surface area (Å²) in [7, 11) is 1.91. The lowest BCUT2D eigenvalue weighted by molar-refractivity contribution is 0.568. The number of likely N-dealkylation sites (N-methyl/N-ethyl adjacent to an activating group) is 1. The Kier molecular flexibility index (Phi) is 5.64. The number of hydrogen-bond donors (Lipinski definition) is 1. The molecule has 4 heteroatoms. The summed E-state index contributed by atoms with van der Waals surface area (Å²) in [6.45, 7) is 0. The van der Waals surface area contributed by atoms with Gasteiger partial charge in [0.15, 0.2) is 0 Å². The minimum absolute atomic E-state index is 0.125. The van der Waals surface area contributed by atoms with Crippen LogP contribution in [0.5, 0.6) is 0 Å². The van der Waals surface area contributed by atoms with E-state index < -0.39 is 0 Å². The van der Waals surface area contributed by atoms with Crippen LogP contribution in [0.3, 0.4) is 0 Å². The molecule has 0 heterocycles. The van der Waals surface area contributed by atoms with Crippen LogP contribution in [0.25, 0.3) is 0 Å². The second-order valence-corrected chi connectivity index (χ2v) is 5.21. The smallest absolute Gasteiger partial charge is 0.126 e. The molecule has 0 aliphatic heterocycles. The topological polar surface area (TPSA) is 12.0 Å². The molecule has 1 nitrogen and oxygen atoms in total. The van der Waals surface area contributed by atoms with E-state index >= 15 is 0 Å². The molecular formula is C11H15BrFNS. The Hall–Kier alpha value is -0.0600. The zero-order valence-corrected chi connectivity index (χ0v) is 11.3. The van der Waals surface area contributed by atoms with Gasteiger partial charge in [-0.2, -0.15) is 11.8 Å². The third-order valence-electron chi connectivity index (χ3n) is 2.25. The van der Waals surface area contributed by atoms with E-state index in [1.54, 1.807) is 17.8 Å². The standard InChI is InChI=1S/C11H15BrFNS/c1-14-10(7-15-2)6-8-5-9(12)3-4-11(8)13/h3-5,10,14H,6-7H2,1-2H3. The molecule has 0 amide bonds. The van der Waals surface area contributed by atoms with Gasteiger partial charge in [-0.15, -0.1) is 0 Å². The van der Waals surface area contributed by atoms with Gasteiger partial charge in [-0.3, -0.25) is 0 Å². The van der Waals surface area contributed by atoms with Crippen LogP contribution >= 0.6 is 27.7 Å². The molecule has 0 aliphatic rings. The van der Waals surface area contributed by atoms with Crippen LogP contribution in [0, 0.1) is 5.82 Å². The Morgan fingerprint density at radius 2 is 2.27 bits per heavy atom. The Bertz CT molecular complexity index is 319. The molecule has 0 saturated heterocycles. The van der Waals surface area contributed by atoms with Gasteiger partial charge in [0.25, 0.3) is 0 Å². The van der Waals surface area contributed by atoms with Crippen LogP contribution in [-0.4, -0.2) is 25.1 Å². The highest BCUT2D eigenvalue weighted by atomic mass is 79.9. The number of benzene rings is 1. The lowest BCUT2D eigenvalue weighted by Gasteiger charge is -2.15. The number of thioether (sulfide) groups is 1. The maximum absolute atomic E-state index is 13.5. The molecule has 0 aromatic heterocycles. The molecular weight excluding hydrogens is 277 g/mol. The van der Waals surface area contributed by atoms with Gasteiger partial charge in [0, 0.05) is 16.3 Å². The van der Waals surface area contributed by atoms with Crippen molar-refractivity contribution in [1.29, 1.82) is 0 Å². The van der Waals surface area contributed by atoms with E-state index in [9.17, 15) is 4.39 Å². The molecule has 84 valence electrons. The van der Waals surface area contributed by atoms with Crippen molar-refractivity contribution in [2.75, 3.05) is 19.1 Å². The molecule has 0 fully saturated rings. The van der Waals surface area contributed by atoms with Crippen LogP contribution in [-0.2, 0) is 6.42 Å². The molecule has 0 aliphatic carbocycles. The maximum atomic E-state index is 13.5. The van der Waals surface area contributed by atoms with Crippen LogP contribution in [0.15, 0.2) is 22.7 Å². The molecule has 0 spiro atoms. The van der Waals surface area contributed by atoms with E-state index in [0.717, 1.165) is 22.2 Å². The van der Waals surface area contributed by atoms with Crippen molar-refractivity contribution in [3.05, 3.63) is 34.1 Å². The minimum Gasteiger partial charge on any atom is -0.316 e. The zero-order valence-electron chi connectivity index (χ0n) is 8.89. The summed E-state index contributed by atoms with van der Waals surface area (Å²) in [6.07, 6.45) is 2.78. The molecule has 1 N–H and O–H groups in total. The summed E-state index contributed by atoms with van der Waals surface area (Å²) in [5, 5.41) is 3.20. The van der Waals surface area contributed by atoms with Crippen LogP contribution in [0.1, 0.15) is 5.56 Å². The third-order valence-corrected chi connectivity index (χ3v) is 3.48. The Balaban J connectivity index is 2.73. The Morgan fingerprint density at radius 3 is 2.87 bits per heavy atom. The van der Waals surface area contributed by atoms with Gasteiger partial charge in [-0.05, 0) is 43.5 Å². The van der Waals surface area contributed by atoms with Crippen molar-refractivity contribution >= 4 is 27.7 Å². The van der Waals surface area contributed by atoms with Crippen molar-refractivity contribution in [3.63, 3.8) is 0 Å². The third kappa shape index (κ3) is 4.13. The molecule has 1 rings (SSSR count). The van der Waals surface area contributed by atoms with Crippen molar-refractivity contribution in [2.45, 2.75) is 12.5 Å². The van der Waals surface area contributed by atoms with Crippen molar-refractivity contribution in [3.8, 4) is 0 Å². The summed E-state index contributed by atoms with van der Waals surface area (Å²) in [5.74, 6) is 0.863. The van der Waals surface area contributed by atoms with Crippen molar-refractivity contribution in [1.82, 2.24) is 5.32 Å². The number of halogens is 2. The predicted molar refractivity (Wildman–Crippen MR) is 69.0 cm³/mol. The predicted octanol–water partition coefficient (Wildman–Crippen LogP) is 3.08. The summed E-state index contributed by atoms with van der Waals surface area (Å²) < 4.78 is 14.4. The van der Waals surface area contributed by atoms with Crippen molar-refractivity contribution in [2.24, 2.45) is 0 Å². The lowest BCUT2D eigenvalue weighted by Crippen LogP contribution is -2.30. The SMILES string of the molecule is CNC(CSC)Cc1cc(Br)ccc1F. The largest absolute Gasteiger partial charge is 0.316 e. The molecule has 0 bridgehead atoms. The second kappa shape index (κ2) is 6.51. The number of hydrogen-bond acceptors (Lipinski definition) is 2. The average Bonchev–Trinajstić information content (AvgIpc) is 2.22. The quantitative estimate of drug-likeness (QED) is 0.895. The van der Waals surface area contributed by atoms with Gasteiger partial charge in [0.1, 0.15) is 5.82 Å². The molecule has 0 radical (unpaired) electrons. The molecule has 0 saturated carbocycles. The highest BCUT2D eigenvalue weighted by molar-refractivity contribution is 9.10. The lowest BCUT2D eigenvalue weighted by atomic mass is 10.1. The Morgan fingerprint density at radius 1 is 1.53 bits per heavy atom. The van der Waals surface area contributed by atoms with Crippen LogP contribution < -0.4 is 5.32 Å². The fourth-order valence-electron chi connectivity index (χ4n) is 1.41. The van der Waals surface area contributed by atoms with E-state index in [2.05, 4.69) is 27.5 Å². The van der Waals surface area contributed by atoms with E-state index in [1.165, 1.54) is 6.07 Å². The first-order valence-corrected chi connectivity index (χ1v) is 6.96. The highest BCUT2D eigenvalue weighted by Gasteiger charge is 2.10. The van der Waals surface area contributed by atoms with Gasteiger partial charge in [0.2, 0.25) is 0 Å². The van der Waals surface area contributed by atoms with Gasteiger partial charge < -0.3 is 5.32 Å². The first kappa shape index (κ1) is 13.0. The first-order chi connectivity index (χ1) is 7.17. The molecule has 1 unspecified atom stereocenters. The van der Waals surface area contributed by atoms with Crippen LogP contribution in [0.4, 0.5) is 4.39 Å². The van der Waals surface area contributed by atoms with Gasteiger partial charge >= 0.3 is 0 Å². The molecule has 1 aromatic carbocycles. The van der Waals surface area contributed by atoms with E-state index in [-0.39, 0.29) is 5.82 Å². The number of rotatable bonds is 5. The molecule has 15 heavy (non-hydrogen) atoms. The Labute approximate surface area is 103 Å². The molecule has 1 aromatic rings. The molecule has 1 atom stereocenters. The van der Waals surface area contributed by atoms with E-state index in [0.29, 0.717) is 6.04 Å². The van der Waals surface area contributed by atoms with Crippen molar-refractivity contribution < 1.29 is 4.39 Å². The number of nitrogens with one attached hydrogen (secondary N) is 1. The van der Waals surface area contributed by atoms with Gasteiger partial charge in [0.05, 0.1) is 0 Å². The summed E-state index contributed by atoms with van der Waals surface area (Å²) >= 11 is 5.12. The van der Waals surface area contributed by atoms with Crippen LogP contribution in [0.2, 0.25) is 0 Å². The second-order valence-electron chi connectivity index (χ2n) is 3.38. The highest BCUT2D eigenvalue weighted by Crippen LogP contribution is 2.17. The summed E-state index contributed by atoms with van der Waals surface area (Å²) in [6, 6.07) is 5.40. The normalized spacial score (nSPS) is 12.8. The van der Waals surface area contributed by atoms with Gasteiger partial charge in [-0.25, -0.2) is 4.39 Å². The first-order valence-electron chi connectivity index (χ1n) is 4.77. The minimum atomic E-state index is -0.125. The van der Waals surface area contributed by atoms with Gasteiger partial charge in [-0.1, -0.05) is 15.9 Å². The summed E-state index contributed by atoms with van der Waals surface area (Å²) in [5.41, 5.74) is 0.762. The zero-order chi connectivity index (χ0) is 11.3. The van der Waals surface area contributed by atoms with E-state index in [4.69, 9.17) is 0 Å². The fourth-order valence-corrected chi connectivity index (χ4v) is 2.51. The summed E-state index contributed by atoms with van der Waals surface area (Å²) in [4.78, 5) is 0. The fraction of sp³-hybridized carbons (Fsp3) is 0.455. The average molecular weight is 292 g/mol. The van der Waals surface area contributed by atoms with E-state index in [1.807, 2.05) is 13.1 Å².